The average molecular weight is 542 g/mol. The van der Waals surface area contributed by atoms with Gasteiger partial charge >= 0.3 is 6.36 Å². The zero-order valence-electron chi connectivity index (χ0n) is 21.4. The summed E-state index contributed by atoms with van der Waals surface area (Å²) in [4.78, 5) is 8.96. The molecule has 0 unspecified atom stereocenters. The average Bonchev–Trinajstić information content (AvgIpc) is 2.97. The molecule has 4 aromatic carbocycles. The Kier molecular flexibility index (Phi) is 9.31. The lowest BCUT2D eigenvalue weighted by Crippen LogP contribution is -2.40. The molecule has 4 nitrogen and oxygen atoms in total. The van der Waals surface area contributed by atoms with E-state index in [1.54, 1.807) is 0 Å². The van der Waals surface area contributed by atoms with Crippen molar-refractivity contribution in [3.8, 4) is 33.6 Å². The fourth-order valence-corrected chi connectivity index (χ4v) is 4.34. The molecule has 5 rings (SSSR count). The number of carboxylic acid groups (broad SMARTS) is 1. The number of pyridine rings is 1. The summed E-state index contributed by atoms with van der Waals surface area (Å²) in [5.41, 5.74) is 8.76. The molecule has 0 fully saturated rings. The zero-order chi connectivity index (χ0) is 28.4. The summed E-state index contributed by atoms with van der Waals surface area (Å²) in [6.07, 6.45) is -6.76. The third-order valence-electron chi connectivity index (χ3n) is 6.08. The zero-order valence-corrected chi connectivity index (χ0v) is 21.4. The van der Waals surface area contributed by atoms with Crippen LogP contribution >= 0.6 is 0 Å². The van der Waals surface area contributed by atoms with Gasteiger partial charge in [-0.05, 0) is 41.0 Å². The molecular formula is C33H26F3NO3. The Morgan fingerprint density at radius 2 is 1.02 bits per heavy atom. The second-order valence-electron chi connectivity index (χ2n) is 8.80. The fourth-order valence-electron chi connectivity index (χ4n) is 4.34. The Morgan fingerprint density at radius 3 is 1.40 bits per heavy atom. The molecule has 1 heterocycles. The van der Waals surface area contributed by atoms with Crippen LogP contribution in [0.2, 0.25) is 0 Å². The van der Waals surface area contributed by atoms with Crippen molar-refractivity contribution in [3.05, 3.63) is 139 Å². The molecule has 0 aliphatic heterocycles. The van der Waals surface area contributed by atoms with E-state index in [2.05, 4.69) is 143 Å². The van der Waals surface area contributed by atoms with Gasteiger partial charge in [0.1, 0.15) is 0 Å². The smallest absolute Gasteiger partial charge is 0.463 e. The van der Waals surface area contributed by atoms with Crippen molar-refractivity contribution in [3.63, 3.8) is 0 Å². The number of carbonyl (C=O) groups excluding carboxylic acids is 1. The Hall–Kier alpha value is -4.91. The number of hydrogen-bond acceptors (Lipinski definition) is 3. The summed E-state index contributed by atoms with van der Waals surface area (Å²) in [5.74, 6) is 0. The lowest BCUT2D eigenvalue weighted by atomic mass is 9.98. The minimum atomic E-state index is -5.14. The number of hydrogen-bond donors (Lipinski definition) is 0. The largest absolute Gasteiger partial charge is 0.505 e. The highest BCUT2D eigenvalue weighted by molar-refractivity contribution is 5.73. The maximum absolute atomic E-state index is 10.7. The molecule has 0 saturated heterocycles. The second kappa shape index (κ2) is 13.2. The van der Waals surface area contributed by atoms with Gasteiger partial charge in [-0.1, -0.05) is 97.1 Å². The van der Waals surface area contributed by atoms with Crippen molar-refractivity contribution in [1.82, 2.24) is 0 Å². The summed E-state index contributed by atoms with van der Waals surface area (Å²) in [6.45, 7) is 0.910. The molecule has 0 bridgehead atoms. The summed E-state index contributed by atoms with van der Waals surface area (Å²) >= 11 is 0. The van der Waals surface area contributed by atoms with Gasteiger partial charge in [0, 0.05) is 29.7 Å². The third kappa shape index (κ3) is 8.04. The molecule has 0 radical (unpaired) electrons. The van der Waals surface area contributed by atoms with Crippen LogP contribution in [0.15, 0.2) is 133 Å². The van der Waals surface area contributed by atoms with Gasteiger partial charge in [-0.2, -0.15) is 4.57 Å². The predicted molar refractivity (Wildman–Crippen MR) is 146 cm³/mol. The molecule has 0 atom stereocenters. The van der Waals surface area contributed by atoms with E-state index < -0.39 is 12.5 Å². The Bertz CT molecular complexity index is 1450. The Morgan fingerprint density at radius 1 is 0.625 bits per heavy atom. The molecule has 0 aliphatic rings. The molecular weight excluding hydrogens is 515 g/mol. The number of aromatic nitrogens is 1. The number of carbonyl (C=O) groups is 1. The molecule has 202 valence electrons. The van der Waals surface area contributed by atoms with E-state index >= 15 is 0 Å². The van der Waals surface area contributed by atoms with Crippen molar-refractivity contribution >= 4 is 6.16 Å². The van der Waals surface area contributed by atoms with Crippen molar-refractivity contribution in [1.29, 1.82) is 0 Å². The fraction of sp³-hybridized carbons (Fsp3) is 0.0909. The van der Waals surface area contributed by atoms with Gasteiger partial charge in [0.05, 0.1) is 0 Å². The van der Waals surface area contributed by atoms with Crippen LogP contribution in [0, 0.1) is 0 Å². The predicted octanol–water partition coefficient (Wildman–Crippen LogP) is 7.08. The first-order valence-corrected chi connectivity index (χ1v) is 12.5. The van der Waals surface area contributed by atoms with E-state index in [9.17, 15) is 13.2 Å². The maximum Gasteiger partial charge on any atom is 0.505 e. The number of halogens is 3. The van der Waals surface area contributed by atoms with E-state index in [4.69, 9.17) is 9.90 Å². The SMILES string of the molecule is O=C([O-])OC(F)(F)F.c1ccc(CC[n+]2c(-c3ccccc3)cc(-c3ccccc3)cc2-c2ccccc2)cc1. The van der Waals surface area contributed by atoms with Gasteiger partial charge in [-0.3, -0.25) is 0 Å². The van der Waals surface area contributed by atoms with E-state index in [0.717, 1.165) is 13.0 Å². The topological polar surface area (TPSA) is 53.2 Å². The molecule has 0 saturated carbocycles. The summed E-state index contributed by atoms with van der Waals surface area (Å²) in [6, 6.07) is 47.5. The lowest BCUT2D eigenvalue weighted by Gasteiger charge is -2.13. The minimum Gasteiger partial charge on any atom is -0.463 e. The van der Waals surface area contributed by atoms with Crippen LogP contribution in [-0.2, 0) is 17.7 Å². The van der Waals surface area contributed by atoms with Crippen LogP contribution in [0.4, 0.5) is 18.0 Å². The normalized spacial score (nSPS) is 10.8. The van der Waals surface area contributed by atoms with E-state index in [0.29, 0.717) is 0 Å². The van der Waals surface area contributed by atoms with E-state index in [1.807, 2.05) is 0 Å². The first-order valence-electron chi connectivity index (χ1n) is 12.5. The monoisotopic (exact) mass is 541 g/mol. The molecule has 0 amide bonds. The number of ether oxygens (including phenoxy) is 1. The first-order chi connectivity index (χ1) is 19.3. The molecule has 7 heteroatoms. The van der Waals surface area contributed by atoms with E-state index in [-0.39, 0.29) is 0 Å². The number of rotatable bonds is 6. The van der Waals surface area contributed by atoms with Crippen molar-refractivity contribution in [2.45, 2.75) is 19.3 Å². The summed E-state index contributed by atoms with van der Waals surface area (Å²) in [7, 11) is 0. The van der Waals surface area contributed by atoms with Gasteiger partial charge in [0.15, 0.2) is 6.54 Å². The van der Waals surface area contributed by atoms with Gasteiger partial charge in [-0.15, -0.1) is 13.2 Å². The van der Waals surface area contributed by atoms with Crippen molar-refractivity contribution < 1.29 is 32.4 Å². The highest BCUT2D eigenvalue weighted by Crippen LogP contribution is 2.29. The summed E-state index contributed by atoms with van der Waals surface area (Å²) in [5, 5.41) is 8.96. The van der Waals surface area contributed by atoms with Crippen molar-refractivity contribution in [2.24, 2.45) is 0 Å². The molecule has 0 spiro atoms. The van der Waals surface area contributed by atoms with Crippen molar-refractivity contribution in [2.75, 3.05) is 0 Å². The third-order valence-corrected chi connectivity index (χ3v) is 6.08. The van der Waals surface area contributed by atoms with Gasteiger partial charge in [0.25, 0.3) is 6.16 Å². The van der Waals surface area contributed by atoms with Crippen LogP contribution in [0.25, 0.3) is 33.6 Å². The standard InChI is InChI=1S/C31H26N.C2HF3O3/c1-5-13-25(14-6-1)21-22-32-30(27-17-9-3-10-18-27)23-29(26-15-7-2-8-16-26)24-31(32)28-19-11-4-12-20-28;3-2(4,5)8-1(6)7/h1-20,23-24H,21-22H2;(H,6,7)/q+1;/p-1. The van der Waals surface area contributed by atoms with Gasteiger partial charge in [-0.25, -0.2) is 0 Å². The molecule has 1 aromatic heterocycles. The molecule has 40 heavy (non-hydrogen) atoms. The highest BCUT2D eigenvalue weighted by Gasteiger charge is 2.26. The Labute approximate surface area is 230 Å². The van der Waals surface area contributed by atoms with Crippen LogP contribution in [0.5, 0.6) is 0 Å². The van der Waals surface area contributed by atoms with Crippen LogP contribution in [0.3, 0.4) is 0 Å². The minimum absolute atomic E-state index is 0.910. The second-order valence-corrected chi connectivity index (χ2v) is 8.80. The quantitative estimate of drug-likeness (QED) is 0.170. The van der Waals surface area contributed by atoms with Crippen LogP contribution in [0.1, 0.15) is 5.56 Å². The number of aryl methyl sites for hydroxylation is 1. The van der Waals surface area contributed by atoms with E-state index in [1.165, 1.54) is 39.2 Å². The Balaban J connectivity index is 0.000000406. The van der Waals surface area contributed by atoms with Crippen LogP contribution in [-0.4, -0.2) is 12.5 Å². The molecule has 5 aromatic rings. The lowest BCUT2D eigenvalue weighted by molar-refractivity contribution is -0.674. The molecule has 0 aliphatic carbocycles. The van der Waals surface area contributed by atoms with Crippen LogP contribution < -0.4 is 9.67 Å². The van der Waals surface area contributed by atoms with Gasteiger partial charge < -0.3 is 14.6 Å². The maximum atomic E-state index is 10.7. The number of alkyl halides is 3. The number of benzene rings is 4. The molecule has 0 N–H and O–H groups in total. The number of nitrogens with zero attached hydrogens (tertiary/aromatic N) is 1. The summed E-state index contributed by atoms with van der Waals surface area (Å²) < 4.78 is 36.7. The van der Waals surface area contributed by atoms with Gasteiger partial charge in [0.2, 0.25) is 11.4 Å². The highest BCUT2D eigenvalue weighted by atomic mass is 19.4. The first kappa shape index (κ1) is 28.1.